The van der Waals surface area contributed by atoms with Crippen molar-refractivity contribution in [1.82, 2.24) is 24.4 Å². The van der Waals surface area contributed by atoms with Gasteiger partial charge in [0.1, 0.15) is 6.33 Å². The van der Waals surface area contributed by atoms with Gasteiger partial charge in [0.05, 0.1) is 13.2 Å². The minimum Gasteiger partial charge on any atom is -0.454 e. The Bertz CT molecular complexity index is 1060. The molecule has 1 fully saturated rings. The Morgan fingerprint density at radius 1 is 1.10 bits per heavy atom. The predicted molar refractivity (Wildman–Crippen MR) is 111 cm³/mol. The molecule has 0 atom stereocenters. The summed E-state index contributed by atoms with van der Waals surface area (Å²) in [6.45, 7) is 5.27. The van der Waals surface area contributed by atoms with E-state index in [1.54, 1.807) is 0 Å². The monoisotopic (exact) mass is 478 g/mol. The highest BCUT2D eigenvalue weighted by Crippen LogP contribution is 2.43. The predicted octanol–water partition coefficient (Wildman–Crippen LogP) is 2.38. The molecule has 9 nitrogen and oxygen atoms in total. The molecule has 5 rings (SSSR count). The standard InChI is InChI=1S/C18H19BrN6O3S/c19-11-7-12-13(28-10-27-12)8-14(11)29-18-23-15-16(20)21-9-22-17(15)25(18)2-1-24-3-5-26-6-4-24/h7-9H,1-6,10H2,(H2,20,21,22). The van der Waals surface area contributed by atoms with Crippen molar-refractivity contribution in [2.75, 3.05) is 45.4 Å². The van der Waals surface area contributed by atoms with Crippen molar-refractivity contribution in [3.05, 3.63) is 22.9 Å². The first-order chi connectivity index (χ1) is 14.2. The van der Waals surface area contributed by atoms with Crippen LogP contribution in [0.25, 0.3) is 11.2 Å². The molecule has 29 heavy (non-hydrogen) atoms. The van der Waals surface area contributed by atoms with Crippen molar-refractivity contribution < 1.29 is 14.2 Å². The summed E-state index contributed by atoms with van der Waals surface area (Å²) in [5.41, 5.74) is 7.43. The number of imidazole rings is 1. The van der Waals surface area contributed by atoms with Crippen molar-refractivity contribution in [2.24, 2.45) is 0 Å². The molecule has 2 aliphatic rings. The summed E-state index contributed by atoms with van der Waals surface area (Å²) in [6.07, 6.45) is 1.48. The van der Waals surface area contributed by atoms with Gasteiger partial charge < -0.3 is 24.5 Å². The van der Waals surface area contributed by atoms with Gasteiger partial charge in [0, 0.05) is 35.5 Å². The topological polar surface area (TPSA) is 101 Å². The molecule has 0 bridgehead atoms. The quantitative estimate of drug-likeness (QED) is 0.591. The normalized spacial score (nSPS) is 16.6. The number of morpholine rings is 1. The first kappa shape index (κ1) is 18.9. The average molecular weight is 479 g/mol. The number of nitrogen functional groups attached to an aromatic ring is 1. The summed E-state index contributed by atoms with van der Waals surface area (Å²) in [4.78, 5) is 16.6. The summed E-state index contributed by atoms with van der Waals surface area (Å²) >= 11 is 5.15. The smallest absolute Gasteiger partial charge is 0.231 e. The summed E-state index contributed by atoms with van der Waals surface area (Å²) in [5, 5.41) is 0.806. The fraction of sp³-hybridized carbons (Fsp3) is 0.389. The van der Waals surface area contributed by atoms with Crippen LogP contribution in [0, 0.1) is 0 Å². The zero-order valence-electron chi connectivity index (χ0n) is 15.5. The van der Waals surface area contributed by atoms with Crippen LogP contribution in [0.4, 0.5) is 5.82 Å². The maximum Gasteiger partial charge on any atom is 0.231 e. The number of aromatic nitrogens is 4. The Morgan fingerprint density at radius 3 is 2.72 bits per heavy atom. The molecule has 11 heteroatoms. The van der Waals surface area contributed by atoms with Gasteiger partial charge in [-0.15, -0.1) is 0 Å². The Hall–Kier alpha value is -2.08. The van der Waals surface area contributed by atoms with Crippen LogP contribution < -0.4 is 15.2 Å². The highest BCUT2D eigenvalue weighted by Gasteiger charge is 2.21. The van der Waals surface area contributed by atoms with E-state index in [0.29, 0.717) is 11.3 Å². The van der Waals surface area contributed by atoms with E-state index in [1.165, 1.54) is 18.1 Å². The molecule has 4 heterocycles. The van der Waals surface area contributed by atoms with Crippen molar-refractivity contribution in [3.63, 3.8) is 0 Å². The van der Waals surface area contributed by atoms with E-state index in [1.807, 2.05) is 12.1 Å². The maximum atomic E-state index is 6.07. The lowest BCUT2D eigenvalue weighted by molar-refractivity contribution is 0.0362. The van der Waals surface area contributed by atoms with Crippen LogP contribution in [0.5, 0.6) is 11.5 Å². The number of halogens is 1. The number of hydrogen-bond acceptors (Lipinski definition) is 9. The fourth-order valence-corrected chi connectivity index (χ4v) is 4.86. The lowest BCUT2D eigenvalue weighted by Gasteiger charge is -2.26. The van der Waals surface area contributed by atoms with Gasteiger partial charge in [-0.2, -0.15) is 0 Å². The Kier molecular flexibility index (Phi) is 5.20. The lowest BCUT2D eigenvalue weighted by Crippen LogP contribution is -2.38. The van der Waals surface area contributed by atoms with Crippen LogP contribution >= 0.6 is 27.7 Å². The van der Waals surface area contributed by atoms with Crippen LogP contribution in [0.15, 0.2) is 33.0 Å². The largest absolute Gasteiger partial charge is 0.454 e. The molecule has 0 spiro atoms. The van der Waals surface area contributed by atoms with Gasteiger partial charge >= 0.3 is 0 Å². The third kappa shape index (κ3) is 3.75. The molecule has 2 aliphatic heterocycles. The molecular formula is C18H19BrN6O3S. The van der Waals surface area contributed by atoms with Crippen molar-refractivity contribution in [2.45, 2.75) is 16.6 Å². The van der Waals surface area contributed by atoms with Gasteiger partial charge in [0.15, 0.2) is 33.6 Å². The van der Waals surface area contributed by atoms with E-state index < -0.39 is 0 Å². The number of nitrogens with two attached hydrogens (primary N) is 1. The second-order valence-electron chi connectivity index (χ2n) is 6.67. The first-order valence-electron chi connectivity index (χ1n) is 9.23. The molecule has 152 valence electrons. The Morgan fingerprint density at radius 2 is 1.90 bits per heavy atom. The SMILES string of the molecule is Nc1ncnc2c1nc(Sc1cc3c(cc1Br)OCO3)n2CCN1CCOCC1. The minimum absolute atomic E-state index is 0.236. The van der Waals surface area contributed by atoms with Gasteiger partial charge in [0.25, 0.3) is 0 Å². The number of nitrogens with zero attached hydrogens (tertiary/aromatic N) is 5. The van der Waals surface area contributed by atoms with Crippen molar-refractivity contribution in [1.29, 1.82) is 0 Å². The fourth-order valence-electron chi connectivity index (χ4n) is 3.35. The van der Waals surface area contributed by atoms with Crippen molar-refractivity contribution >= 4 is 44.7 Å². The number of benzene rings is 1. The summed E-state index contributed by atoms with van der Waals surface area (Å²) < 4.78 is 19.4. The van der Waals surface area contributed by atoms with Gasteiger partial charge in [-0.3, -0.25) is 4.90 Å². The number of fused-ring (bicyclic) bond motifs is 2. The molecular weight excluding hydrogens is 460 g/mol. The average Bonchev–Trinajstić information content (AvgIpc) is 3.32. The second kappa shape index (κ2) is 7.98. The Labute approximate surface area is 179 Å². The van der Waals surface area contributed by atoms with Crippen molar-refractivity contribution in [3.8, 4) is 11.5 Å². The second-order valence-corrected chi connectivity index (χ2v) is 8.53. The molecule has 0 amide bonds. The number of ether oxygens (including phenoxy) is 3. The molecule has 2 aromatic heterocycles. The van der Waals surface area contributed by atoms with Crippen LogP contribution in [-0.2, 0) is 11.3 Å². The first-order valence-corrected chi connectivity index (χ1v) is 10.8. The molecule has 0 aliphatic carbocycles. The number of rotatable bonds is 5. The van der Waals surface area contributed by atoms with E-state index in [4.69, 9.17) is 24.9 Å². The number of hydrogen-bond donors (Lipinski definition) is 1. The van der Waals surface area contributed by atoms with Gasteiger partial charge in [-0.25, -0.2) is 15.0 Å². The van der Waals surface area contributed by atoms with Crippen LogP contribution in [0.3, 0.4) is 0 Å². The van der Waals surface area contributed by atoms with Gasteiger partial charge in [-0.1, -0.05) is 11.8 Å². The molecule has 2 N–H and O–H groups in total. The van der Waals surface area contributed by atoms with E-state index >= 15 is 0 Å². The van der Waals surface area contributed by atoms with Crippen LogP contribution in [-0.4, -0.2) is 64.1 Å². The zero-order valence-corrected chi connectivity index (χ0v) is 17.9. The highest BCUT2D eigenvalue weighted by atomic mass is 79.9. The van der Waals surface area contributed by atoms with E-state index in [9.17, 15) is 0 Å². The molecule has 3 aromatic rings. The Balaban J connectivity index is 1.48. The van der Waals surface area contributed by atoms with Crippen LogP contribution in [0.2, 0.25) is 0 Å². The van der Waals surface area contributed by atoms with E-state index in [-0.39, 0.29) is 6.79 Å². The van der Waals surface area contributed by atoms with E-state index in [2.05, 4.69) is 35.4 Å². The molecule has 1 aromatic carbocycles. The number of anilines is 1. The third-order valence-corrected chi connectivity index (χ3v) is 6.87. The van der Waals surface area contributed by atoms with Crippen LogP contribution in [0.1, 0.15) is 0 Å². The van der Waals surface area contributed by atoms with E-state index in [0.717, 1.165) is 71.1 Å². The molecule has 0 saturated carbocycles. The lowest BCUT2D eigenvalue weighted by atomic mass is 10.3. The molecule has 1 saturated heterocycles. The molecule has 0 radical (unpaired) electrons. The van der Waals surface area contributed by atoms with Gasteiger partial charge in [-0.05, 0) is 28.1 Å². The summed E-state index contributed by atoms with van der Waals surface area (Å²) in [5.74, 6) is 1.84. The minimum atomic E-state index is 0.236. The van der Waals surface area contributed by atoms with Gasteiger partial charge in [0.2, 0.25) is 6.79 Å². The highest BCUT2D eigenvalue weighted by molar-refractivity contribution is 9.10. The summed E-state index contributed by atoms with van der Waals surface area (Å²) in [7, 11) is 0. The zero-order chi connectivity index (χ0) is 19.8. The molecule has 0 unspecified atom stereocenters. The maximum absolute atomic E-state index is 6.07. The summed E-state index contributed by atoms with van der Waals surface area (Å²) in [6, 6.07) is 3.87. The third-order valence-electron chi connectivity index (χ3n) is 4.90.